The number of carbonyl (C=O) groups excluding carboxylic acids is 1. The maximum Gasteiger partial charge on any atom is 0.256 e. The summed E-state index contributed by atoms with van der Waals surface area (Å²) in [6, 6.07) is 7.28. The molecule has 0 aliphatic rings. The molecule has 0 aromatic heterocycles. The van der Waals surface area contributed by atoms with Crippen LogP contribution in [-0.4, -0.2) is 38.4 Å². The molecule has 1 amide bonds. The largest absolute Gasteiger partial charge is 0.491 e. The van der Waals surface area contributed by atoms with Crippen LogP contribution in [0.15, 0.2) is 24.3 Å². The Bertz CT molecular complexity index is 438. The summed E-state index contributed by atoms with van der Waals surface area (Å²) in [5.74, 6) is 0.625. The molecule has 0 aliphatic heterocycles. The monoisotopic (exact) mass is 309 g/mol. The first-order valence-corrected chi connectivity index (χ1v) is 7.73. The Morgan fingerprint density at radius 1 is 1.18 bits per heavy atom. The molecular weight excluding hydrogens is 282 g/mol. The molecule has 0 radical (unpaired) electrons. The highest BCUT2D eigenvalue weighted by atomic mass is 16.5. The van der Waals surface area contributed by atoms with Crippen molar-refractivity contribution in [3.8, 4) is 5.75 Å². The minimum absolute atomic E-state index is 0.121. The van der Waals surface area contributed by atoms with Gasteiger partial charge in [0.1, 0.15) is 18.0 Å². The minimum Gasteiger partial charge on any atom is -0.491 e. The number of hydrogen-bond acceptors (Lipinski definition) is 4. The molecule has 0 aliphatic carbocycles. The van der Waals surface area contributed by atoms with E-state index >= 15 is 0 Å². The number of carbonyl (C=O) groups is 1. The quantitative estimate of drug-likeness (QED) is 0.674. The van der Waals surface area contributed by atoms with Crippen LogP contribution in [-0.2, 0) is 14.3 Å². The molecular formula is C17H27NO4. The maximum absolute atomic E-state index is 12.4. The molecule has 1 N–H and O–H groups in total. The molecule has 0 spiro atoms. The summed E-state index contributed by atoms with van der Waals surface area (Å²) in [5.41, 5.74) is -0.0666. The smallest absolute Gasteiger partial charge is 0.256 e. The molecule has 0 fully saturated rings. The Kier molecular flexibility index (Phi) is 7.91. The summed E-state index contributed by atoms with van der Waals surface area (Å²) in [6.45, 7) is 7.32. The molecule has 0 heterocycles. The van der Waals surface area contributed by atoms with Crippen LogP contribution in [0.4, 0.5) is 5.69 Å². The summed E-state index contributed by atoms with van der Waals surface area (Å²) in [5, 5.41) is 2.90. The van der Waals surface area contributed by atoms with Crippen molar-refractivity contribution in [3.63, 3.8) is 0 Å². The van der Waals surface area contributed by atoms with Gasteiger partial charge in [0, 0.05) is 19.4 Å². The van der Waals surface area contributed by atoms with Gasteiger partial charge in [-0.05, 0) is 44.5 Å². The van der Waals surface area contributed by atoms with Gasteiger partial charge in [0.25, 0.3) is 5.91 Å². The standard InChI is InChI=1S/C17H27NO4/c1-5-11-17(3,22-6-2)16(19)18-14-7-9-15(10-8-14)21-13-12-20-4/h7-10H,5-6,11-13H2,1-4H3,(H,18,19)/t17-/m1/s1. The van der Waals surface area contributed by atoms with Crippen molar-refractivity contribution >= 4 is 11.6 Å². The molecule has 5 nitrogen and oxygen atoms in total. The molecule has 1 atom stereocenters. The Hall–Kier alpha value is -1.59. The average Bonchev–Trinajstić information content (AvgIpc) is 2.50. The Balaban J connectivity index is 2.63. The van der Waals surface area contributed by atoms with Gasteiger partial charge in [-0.15, -0.1) is 0 Å². The Morgan fingerprint density at radius 2 is 1.86 bits per heavy atom. The summed E-state index contributed by atoms with van der Waals surface area (Å²) in [7, 11) is 1.63. The fourth-order valence-electron chi connectivity index (χ4n) is 2.19. The van der Waals surface area contributed by atoms with E-state index in [2.05, 4.69) is 5.32 Å². The topological polar surface area (TPSA) is 56.8 Å². The SMILES string of the molecule is CCC[C@@](C)(OCC)C(=O)Nc1ccc(OCCOC)cc1. The lowest BCUT2D eigenvalue weighted by atomic mass is 9.99. The van der Waals surface area contributed by atoms with Crippen LogP contribution in [0.2, 0.25) is 0 Å². The Morgan fingerprint density at radius 3 is 2.41 bits per heavy atom. The van der Waals surface area contributed by atoms with Gasteiger partial charge in [0.2, 0.25) is 0 Å². The van der Waals surface area contributed by atoms with Crippen molar-refractivity contribution in [1.82, 2.24) is 0 Å². The fraction of sp³-hybridized carbons (Fsp3) is 0.588. The molecule has 1 aromatic rings. The lowest BCUT2D eigenvalue weighted by Crippen LogP contribution is -2.42. The van der Waals surface area contributed by atoms with E-state index < -0.39 is 5.60 Å². The van der Waals surface area contributed by atoms with Crippen LogP contribution in [0.3, 0.4) is 0 Å². The highest BCUT2D eigenvalue weighted by Crippen LogP contribution is 2.22. The minimum atomic E-state index is -0.795. The second kappa shape index (κ2) is 9.43. The number of anilines is 1. The van der Waals surface area contributed by atoms with Crippen LogP contribution in [0.25, 0.3) is 0 Å². The van der Waals surface area contributed by atoms with E-state index in [0.29, 0.717) is 26.2 Å². The zero-order valence-electron chi connectivity index (χ0n) is 14.0. The number of rotatable bonds is 10. The first-order chi connectivity index (χ1) is 10.6. The molecule has 1 rings (SSSR count). The van der Waals surface area contributed by atoms with E-state index in [1.54, 1.807) is 7.11 Å². The highest BCUT2D eigenvalue weighted by Gasteiger charge is 2.32. The average molecular weight is 309 g/mol. The molecule has 1 aromatic carbocycles. The number of methoxy groups -OCH3 is 1. The molecule has 5 heteroatoms. The third-order valence-corrected chi connectivity index (χ3v) is 3.34. The second-order valence-electron chi connectivity index (χ2n) is 5.23. The number of benzene rings is 1. The number of nitrogens with one attached hydrogen (secondary N) is 1. The zero-order chi connectivity index (χ0) is 16.4. The van der Waals surface area contributed by atoms with Crippen molar-refractivity contribution < 1.29 is 19.0 Å². The van der Waals surface area contributed by atoms with Gasteiger partial charge in [-0.1, -0.05) is 13.3 Å². The van der Waals surface area contributed by atoms with E-state index in [4.69, 9.17) is 14.2 Å². The van der Waals surface area contributed by atoms with E-state index in [1.807, 2.05) is 45.0 Å². The third kappa shape index (κ3) is 5.66. The Labute approximate surface area is 132 Å². The lowest BCUT2D eigenvalue weighted by Gasteiger charge is -2.27. The van der Waals surface area contributed by atoms with Crippen LogP contribution >= 0.6 is 0 Å². The molecule has 0 saturated carbocycles. The molecule has 22 heavy (non-hydrogen) atoms. The van der Waals surface area contributed by atoms with Gasteiger partial charge in [-0.2, -0.15) is 0 Å². The third-order valence-electron chi connectivity index (χ3n) is 3.34. The van der Waals surface area contributed by atoms with Gasteiger partial charge in [-0.25, -0.2) is 0 Å². The van der Waals surface area contributed by atoms with Gasteiger partial charge < -0.3 is 19.5 Å². The number of ether oxygens (including phenoxy) is 3. The van der Waals surface area contributed by atoms with E-state index in [1.165, 1.54) is 0 Å². The summed E-state index contributed by atoms with van der Waals surface area (Å²) in [4.78, 5) is 12.4. The molecule has 124 valence electrons. The molecule has 0 unspecified atom stereocenters. The van der Waals surface area contributed by atoms with Crippen LogP contribution in [0.5, 0.6) is 5.75 Å². The van der Waals surface area contributed by atoms with Crippen molar-refractivity contribution in [2.24, 2.45) is 0 Å². The summed E-state index contributed by atoms with van der Waals surface area (Å²) >= 11 is 0. The molecule has 0 saturated heterocycles. The normalized spacial score (nSPS) is 13.5. The van der Waals surface area contributed by atoms with Crippen molar-refractivity contribution in [3.05, 3.63) is 24.3 Å². The number of hydrogen-bond donors (Lipinski definition) is 1. The summed E-state index contributed by atoms with van der Waals surface area (Å²) in [6.07, 6.45) is 1.57. The predicted octanol–water partition coefficient (Wildman–Crippen LogP) is 3.25. The van der Waals surface area contributed by atoms with E-state index in [-0.39, 0.29) is 5.91 Å². The fourth-order valence-corrected chi connectivity index (χ4v) is 2.19. The van der Waals surface area contributed by atoms with Crippen molar-refractivity contribution in [2.45, 2.75) is 39.2 Å². The first-order valence-electron chi connectivity index (χ1n) is 7.73. The van der Waals surface area contributed by atoms with Crippen LogP contribution in [0, 0.1) is 0 Å². The zero-order valence-corrected chi connectivity index (χ0v) is 14.0. The van der Waals surface area contributed by atoms with Gasteiger partial charge >= 0.3 is 0 Å². The summed E-state index contributed by atoms with van der Waals surface area (Å²) < 4.78 is 16.1. The van der Waals surface area contributed by atoms with E-state index in [0.717, 1.165) is 17.9 Å². The predicted molar refractivity (Wildman–Crippen MR) is 87.4 cm³/mol. The highest BCUT2D eigenvalue weighted by molar-refractivity contribution is 5.97. The lowest BCUT2D eigenvalue weighted by molar-refractivity contribution is -0.139. The van der Waals surface area contributed by atoms with E-state index in [9.17, 15) is 4.79 Å². The number of amides is 1. The second-order valence-corrected chi connectivity index (χ2v) is 5.23. The van der Waals surface area contributed by atoms with Gasteiger partial charge in [0.15, 0.2) is 0 Å². The molecule has 0 bridgehead atoms. The van der Waals surface area contributed by atoms with Crippen molar-refractivity contribution in [1.29, 1.82) is 0 Å². The van der Waals surface area contributed by atoms with Gasteiger partial charge in [0.05, 0.1) is 6.61 Å². The van der Waals surface area contributed by atoms with Crippen LogP contribution < -0.4 is 10.1 Å². The van der Waals surface area contributed by atoms with Crippen LogP contribution in [0.1, 0.15) is 33.6 Å². The first kappa shape index (κ1) is 18.5. The maximum atomic E-state index is 12.4. The van der Waals surface area contributed by atoms with Crippen molar-refractivity contribution in [2.75, 3.05) is 32.2 Å². The van der Waals surface area contributed by atoms with Gasteiger partial charge in [-0.3, -0.25) is 4.79 Å².